The first-order valence-corrected chi connectivity index (χ1v) is 19.2. The van der Waals surface area contributed by atoms with Crippen molar-refractivity contribution < 1.29 is 0 Å². The van der Waals surface area contributed by atoms with Gasteiger partial charge in [0.25, 0.3) is 0 Å². The summed E-state index contributed by atoms with van der Waals surface area (Å²) in [6, 6.07) is 57.1. The van der Waals surface area contributed by atoms with Crippen molar-refractivity contribution >= 4 is 50.2 Å². The van der Waals surface area contributed by atoms with Crippen molar-refractivity contribution in [3.8, 4) is 28.5 Å². The smallest absolute Gasteiger partial charge is 0.235 e. The third-order valence-electron chi connectivity index (χ3n) is 11.1. The van der Waals surface area contributed by atoms with E-state index >= 15 is 0 Å². The van der Waals surface area contributed by atoms with Gasteiger partial charge in [-0.2, -0.15) is 0 Å². The fraction of sp³-hybridized carbons (Fsp3) is 0.0600. The molecule has 0 radical (unpaired) electrons. The molecule has 0 saturated carbocycles. The van der Waals surface area contributed by atoms with Gasteiger partial charge >= 0.3 is 0 Å². The monoisotopic (exact) mass is 720 g/mol. The Labute approximate surface area is 324 Å². The first-order chi connectivity index (χ1) is 27.8. The van der Waals surface area contributed by atoms with Crippen LogP contribution >= 0.6 is 0 Å². The van der Waals surface area contributed by atoms with Gasteiger partial charge in [0, 0.05) is 44.2 Å². The van der Waals surface area contributed by atoms with Crippen molar-refractivity contribution in [2.75, 3.05) is 0 Å². The summed E-state index contributed by atoms with van der Waals surface area (Å²) in [5.41, 5.74) is 13.9. The number of para-hydroxylation sites is 1. The Balaban J connectivity index is 1.17. The average molecular weight is 721 g/mol. The van der Waals surface area contributed by atoms with E-state index in [1.54, 1.807) is 0 Å². The maximum Gasteiger partial charge on any atom is 0.235 e. The van der Waals surface area contributed by atoms with Crippen LogP contribution in [0.2, 0.25) is 0 Å². The third kappa shape index (κ3) is 5.29. The molecule has 0 bridgehead atoms. The molecule has 0 fully saturated rings. The van der Waals surface area contributed by atoms with Crippen LogP contribution in [0.5, 0.6) is 0 Å². The molecule has 11 rings (SSSR count). The summed E-state index contributed by atoms with van der Waals surface area (Å²) in [4.78, 5) is 16.0. The van der Waals surface area contributed by atoms with Crippen molar-refractivity contribution in [1.29, 1.82) is 0 Å². The van der Waals surface area contributed by atoms with E-state index in [-0.39, 0.29) is 6.29 Å². The summed E-state index contributed by atoms with van der Waals surface area (Å²) in [5.74, 6) is 0.642. The van der Waals surface area contributed by atoms with Crippen molar-refractivity contribution in [2.24, 2.45) is 4.99 Å². The Bertz CT molecular complexity index is 2970. The largest absolute Gasteiger partial charge is 0.346 e. The minimum absolute atomic E-state index is 0.353. The van der Waals surface area contributed by atoms with E-state index in [0.717, 1.165) is 79.8 Å². The molecule has 1 atom stereocenters. The van der Waals surface area contributed by atoms with E-state index in [4.69, 9.17) is 15.0 Å². The predicted octanol–water partition coefficient (Wildman–Crippen LogP) is 11.4. The lowest BCUT2D eigenvalue weighted by Crippen LogP contribution is -2.30. The highest BCUT2D eigenvalue weighted by atomic mass is 15.3. The Hall–Kier alpha value is -7.31. The van der Waals surface area contributed by atoms with Gasteiger partial charge in [-0.3, -0.25) is 4.57 Å². The van der Waals surface area contributed by atoms with Crippen LogP contribution in [0, 0.1) is 0 Å². The molecule has 0 saturated heterocycles. The highest BCUT2D eigenvalue weighted by molar-refractivity contribution is 6.23. The zero-order valence-corrected chi connectivity index (χ0v) is 30.5. The summed E-state index contributed by atoms with van der Waals surface area (Å²) in [6.07, 6.45) is 8.35. The Morgan fingerprint density at radius 3 is 1.82 bits per heavy atom. The molecule has 6 aromatic carbocycles. The highest BCUT2D eigenvalue weighted by Gasteiger charge is 2.29. The topological polar surface area (TPSA) is 60.0 Å². The number of nitrogens with zero attached hydrogens (tertiary/aromatic N) is 5. The zero-order chi connectivity index (χ0) is 37.0. The highest BCUT2D eigenvalue weighted by Crippen LogP contribution is 2.43. The molecule has 6 nitrogen and oxygen atoms in total. The number of rotatable bonds is 6. The standard InChI is InChI=1S/C50H36N6/c1-5-17-33(18-6-1)39-31-40(34-19-7-2-8-20-34)52-49(51-39)55-43-27-15-13-25-37(43)47-45(55)29-30-46-48(47)38-26-14-16-28-44(38)56(46)50-53-41(35-21-9-3-10-22-35)32-42(54-50)36-23-11-4-12-24-36/h1-15,17-27,29-32,50,53H,16,28H2. The quantitative estimate of drug-likeness (QED) is 0.186. The molecule has 266 valence electrons. The maximum atomic E-state index is 5.44. The van der Waals surface area contributed by atoms with Crippen LogP contribution < -0.4 is 5.32 Å². The molecule has 1 unspecified atom stereocenters. The van der Waals surface area contributed by atoms with E-state index in [2.05, 4.69) is 184 Å². The number of hydrogen-bond acceptors (Lipinski definition) is 4. The molecule has 0 spiro atoms. The SMILES string of the molecule is C1=Cc2c(n(C3N=C(c4ccccc4)C=C(c4ccccc4)N3)c3ccc4c(c5ccccc5n4-c4nc(-c5ccccc5)cc(-c5ccccc5)n4)c23)CC1. The maximum absolute atomic E-state index is 5.44. The number of fused-ring (bicyclic) bond motifs is 7. The second-order valence-corrected chi connectivity index (χ2v) is 14.4. The molecule has 3 aromatic heterocycles. The lowest BCUT2D eigenvalue weighted by atomic mass is 9.99. The van der Waals surface area contributed by atoms with Crippen LogP contribution in [-0.4, -0.2) is 24.8 Å². The summed E-state index contributed by atoms with van der Waals surface area (Å²) in [5, 5.41) is 7.44. The molecule has 9 aromatic rings. The van der Waals surface area contributed by atoms with E-state index in [1.807, 2.05) is 12.1 Å². The molecule has 56 heavy (non-hydrogen) atoms. The second kappa shape index (κ2) is 13.2. The number of nitrogens with one attached hydrogen (secondary N) is 1. The molecule has 6 heteroatoms. The van der Waals surface area contributed by atoms with E-state index in [0.29, 0.717) is 5.95 Å². The summed E-state index contributed by atoms with van der Waals surface area (Å²) in [6.45, 7) is 0. The average Bonchev–Trinajstić information content (AvgIpc) is 3.80. The molecule has 1 aliphatic carbocycles. The number of benzene rings is 6. The van der Waals surface area contributed by atoms with Gasteiger partial charge in [-0.15, -0.1) is 0 Å². The van der Waals surface area contributed by atoms with Gasteiger partial charge in [-0.05, 0) is 54.3 Å². The van der Waals surface area contributed by atoms with E-state index in [1.165, 1.54) is 22.0 Å². The van der Waals surface area contributed by atoms with Gasteiger partial charge in [0.05, 0.1) is 33.6 Å². The zero-order valence-electron chi connectivity index (χ0n) is 30.5. The van der Waals surface area contributed by atoms with Gasteiger partial charge in [-0.1, -0.05) is 152 Å². The minimum Gasteiger partial charge on any atom is -0.346 e. The number of aliphatic imine (C=N–C) groups is 1. The summed E-state index contributed by atoms with van der Waals surface area (Å²) >= 11 is 0. The van der Waals surface area contributed by atoms with Crippen LogP contribution in [0.3, 0.4) is 0 Å². The van der Waals surface area contributed by atoms with Crippen LogP contribution in [-0.2, 0) is 6.42 Å². The lowest BCUT2D eigenvalue weighted by molar-refractivity contribution is 0.479. The van der Waals surface area contributed by atoms with Crippen LogP contribution in [0.15, 0.2) is 181 Å². The van der Waals surface area contributed by atoms with Crippen LogP contribution in [0.4, 0.5) is 0 Å². The Kier molecular flexibility index (Phi) is 7.59. The van der Waals surface area contributed by atoms with Gasteiger partial charge < -0.3 is 9.88 Å². The number of allylic oxidation sites excluding steroid dienone is 2. The Morgan fingerprint density at radius 2 is 1.14 bits per heavy atom. The molecule has 0 amide bonds. The lowest BCUT2D eigenvalue weighted by Gasteiger charge is -2.28. The number of aromatic nitrogens is 4. The molecule has 2 aliphatic rings. The van der Waals surface area contributed by atoms with Gasteiger partial charge in [0.1, 0.15) is 0 Å². The molecule has 1 N–H and O–H groups in total. The first kappa shape index (κ1) is 32.1. The van der Waals surface area contributed by atoms with Gasteiger partial charge in [-0.25, -0.2) is 15.0 Å². The molecular weight excluding hydrogens is 685 g/mol. The van der Waals surface area contributed by atoms with Crippen molar-refractivity contribution in [1.82, 2.24) is 24.4 Å². The number of hydrogen-bond donors (Lipinski definition) is 1. The third-order valence-corrected chi connectivity index (χ3v) is 11.1. The molecule has 4 heterocycles. The Morgan fingerprint density at radius 1 is 0.554 bits per heavy atom. The summed E-state index contributed by atoms with van der Waals surface area (Å²) < 4.78 is 4.69. The van der Waals surface area contributed by atoms with E-state index in [9.17, 15) is 0 Å². The summed E-state index contributed by atoms with van der Waals surface area (Å²) in [7, 11) is 0. The van der Waals surface area contributed by atoms with Crippen LogP contribution in [0.1, 0.15) is 35.1 Å². The predicted molar refractivity (Wildman–Crippen MR) is 230 cm³/mol. The first-order valence-electron chi connectivity index (χ1n) is 19.2. The van der Waals surface area contributed by atoms with Crippen LogP contribution in [0.25, 0.3) is 72.9 Å². The van der Waals surface area contributed by atoms with E-state index < -0.39 is 0 Å². The van der Waals surface area contributed by atoms with Crippen molar-refractivity contribution in [3.05, 3.63) is 198 Å². The fourth-order valence-electron chi connectivity index (χ4n) is 8.53. The fourth-order valence-corrected chi connectivity index (χ4v) is 8.53. The van der Waals surface area contributed by atoms with Gasteiger partial charge in [0.15, 0.2) is 0 Å². The molecule has 1 aliphatic heterocycles. The van der Waals surface area contributed by atoms with Gasteiger partial charge in [0.2, 0.25) is 12.2 Å². The second-order valence-electron chi connectivity index (χ2n) is 14.4. The normalized spacial score (nSPS) is 15.1. The minimum atomic E-state index is -0.353. The van der Waals surface area contributed by atoms with Crippen molar-refractivity contribution in [2.45, 2.75) is 19.1 Å². The van der Waals surface area contributed by atoms with Crippen molar-refractivity contribution in [3.63, 3.8) is 0 Å². The molecular formula is C50H36N6.